The summed E-state index contributed by atoms with van der Waals surface area (Å²) in [7, 11) is 0. The van der Waals surface area contributed by atoms with E-state index in [1.54, 1.807) is 0 Å². The minimum absolute atomic E-state index is 0.342. The highest BCUT2D eigenvalue weighted by Gasteiger charge is 2.40. The molecule has 0 aromatic rings. The Morgan fingerprint density at radius 2 is 1.00 bits per heavy atom. The standard InChI is InChI=1S/C15H26O9/c1-6(16)10(13(19)20)4-9(12(8(3)18)15(23)24)5-11(7(2)17)14(21)22/h6-12,16-18H,4-5H2,1-3H3,(H,19,20)(H,21,22)(H,23,24). The molecule has 0 heterocycles. The second kappa shape index (κ2) is 9.55. The van der Waals surface area contributed by atoms with Crippen molar-refractivity contribution in [3.05, 3.63) is 0 Å². The number of hydrogen-bond acceptors (Lipinski definition) is 6. The fourth-order valence-corrected chi connectivity index (χ4v) is 2.85. The first-order chi connectivity index (χ1) is 10.9. The minimum Gasteiger partial charge on any atom is -0.481 e. The zero-order chi connectivity index (χ0) is 19.2. The highest BCUT2D eigenvalue weighted by Crippen LogP contribution is 2.32. The molecular formula is C15H26O9. The monoisotopic (exact) mass is 350 g/mol. The Morgan fingerprint density at radius 1 is 0.667 bits per heavy atom. The lowest BCUT2D eigenvalue weighted by Crippen LogP contribution is -2.40. The molecule has 9 nitrogen and oxygen atoms in total. The van der Waals surface area contributed by atoms with E-state index < -0.39 is 59.9 Å². The van der Waals surface area contributed by atoms with Gasteiger partial charge in [0.2, 0.25) is 0 Å². The number of aliphatic hydroxyl groups is 3. The number of aliphatic carboxylic acids is 3. The second-order valence-electron chi connectivity index (χ2n) is 6.21. The summed E-state index contributed by atoms with van der Waals surface area (Å²) in [5, 5.41) is 56.6. The maximum Gasteiger partial charge on any atom is 0.309 e. The van der Waals surface area contributed by atoms with E-state index in [-0.39, 0.29) is 12.8 Å². The van der Waals surface area contributed by atoms with Crippen molar-refractivity contribution >= 4 is 17.9 Å². The van der Waals surface area contributed by atoms with E-state index in [9.17, 15) is 34.8 Å². The van der Waals surface area contributed by atoms with Gasteiger partial charge in [-0.25, -0.2) is 0 Å². The van der Waals surface area contributed by atoms with Crippen molar-refractivity contribution in [1.29, 1.82) is 0 Å². The Morgan fingerprint density at radius 3 is 1.17 bits per heavy atom. The van der Waals surface area contributed by atoms with E-state index in [1.165, 1.54) is 20.8 Å². The fourth-order valence-electron chi connectivity index (χ4n) is 2.85. The highest BCUT2D eigenvalue weighted by molar-refractivity contribution is 5.73. The maximum absolute atomic E-state index is 11.4. The molecule has 0 radical (unpaired) electrons. The molecule has 0 saturated heterocycles. The Balaban J connectivity index is 5.68. The van der Waals surface area contributed by atoms with Gasteiger partial charge in [0, 0.05) is 0 Å². The first-order valence-corrected chi connectivity index (χ1v) is 7.62. The molecule has 0 bridgehead atoms. The van der Waals surface area contributed by atoms with E-state index in [2.05, 4.69) is 0 Å². The van der Waals surface area contributed by atoms with E-state index in [0.717, 1.165) is 0 Å². The first-order valence-electron chi connectivity index (χ1n) is 7.62. The number of rotatable bonds is 11. The summed E-state index contributed by atoms with van der Waals surface area (Å²) < 4.78 is 0. The van der Waals surface area contributed by atoms with Gasteiger partial charge in [0.05, 0.1) is 36.1 Å². The quantitative estimate of drug-likeness (QED) is 0.290. The number of carboxylic acids is 3. The summed E-state index contributed by atoms with van der Waals surface area (Å²) in [5.41, 5.74) is 0. The molecule has 0 rings (SSSR count). The average Bonchev–Trinajstić information content (AvgIpc) is 2.38. The predicted molar refractivity (Wildman–Crippen MR) is 81.1 cm³/mol. The Labute approximate surface area is 139 Å². The third-order valence-electron chi connectivity index (χ3n) is 4.23. The molecule has 0 aliphatic heterocycles. The molecule has 0 aliphatic carbocycles. The van der Waals surface area contributed by atoms with Crippen LogP contribution in [0.4, 0.5) is 0 Å². The smallest absolute Gasteiger partial charge is 0.309 e. The van der Waals surface area contributed by atoms with Crippen molar-refractivity contribution in [3.8, 4) is 0 Å². The van der Waals surface area contributed by atoms with Gasteiger partial charge < -0.3 is 30.6 Å². The van der Waals surface area contributed by atoms with Gasteiger partial charge >= 0.3 is 17.9 Å². The summed E-state index contributed by atoms with van der Waals surface area (Å²) in [4.78, 5) is 34.0. The van der Waals surface area contributed by atoms with E-state index in [0.29, 0.717) is 0 Å². The number of carbonyl (C=O) groups is 3. The predicted octanol–water partition coefficient (Wildman–Crippen LogP) is -0.372. The summed E-state index contributed by atoms with van der Waals surface area (Å²) >= 11 is 0. The number of carboxylic acid groups (broad SMARTS) is 3. The van der Waals surface area contributed by atoms with Gasteiger partial charge in [-0.1, -0.05) is 0 Å². The van der Waals surface area contributed by atoms with E-state index in [4.69, 9.17) is 10.2 Å². The van der Waals surface area contributed by atoms with Crippen molar-refractivity contribution < 1.29 is 45.0 Å². The molecule has 24 heavy (non-hydrogen) atoms. The zero-order valence-electron chi connectivity index (χ0n) is 13.9. The lowest BCUT2D eigenvalue weighted by molar-refractivity contribution is -0.155. The van der Waals surface area contributed by atoms with Crippen LogP contribution >= 0.6 is 0 Å². The van der Waals surface area contributed by atoms with Crippen LogP contribution in [0.1, 0.15) is 33.6 Å². The largest absolute Gasteiger partial charge is 0.481 e. The molecule has 0 fully saturated rings. The number of hydrogen-bond donors (Lipinski definition) is 6. The first kappa shape index (κ1) is 22.3. The molecule has 6 N–H and O–H groups in total. The molecule has 0 spiro atoms. The van der Waals surface area contributed by atoms with Crippen molar-refractivity contribution in [2.45, 2.75) is 51.9 Å². The minimum atomic E-state index is -1.42. The summed E-state index contributed by atoms with van der Waals surface area (Å²) in [6, 6.07) is 0. The average molecular weight is 350 g/mol. The third kappa shape index (κ3) is 6.42. The van der Waals surface area contributed by atoms with Crippen LogP contribution in [-0.2, 0) is 14.4 Å². The molecular weight excluding hydrogens is 324 g/mol. The van der Waals surface area contributed by atoms with Gasteiger partial charge in [0.1, 0.15) is 0 Å². The second-order valence-corrected chi connectivity index (χ2v) is 6.21. The highest BCUT2D eigenvalue weighted by atomic mass is 16.4. The molecule has 6 unspecified atom stereocenters. The third-order valence-corrected chi connectivity index (χ3v) is 4.23. The van der Waals surface area contributed by atoms with Crippen LogP contribution in [0.5, 0.6) is 0 Å². The van der Waals surface area contributed by atoms with Gasteiger partial charge in [0.25, 0.3) is 0 Å². The van der Waals surface area contributed by atoms with Gasteiger partial charge in [-0.05, 0) is 39.5 Å². The van der Waals surface area contributed by atoms with Crippen LogP contribution in [0, 0.1) is 23.7 Å². The zero-order valence-corrected chi connectivity index (χ0v) is 13.9. The van der Waals surface area contributed by atoms with Gasteiger partial charge in [-0.3, -0.25) is 14.4 Å². The number of aliphatic hydroxyl groups excluding tert-OH is 3. The summed E-state index contributed by atoms with van der Waals surface area (Å²) in [5.74, 6) is -9.24. The molecule has 0 amide bonds. The van der Waals surface area contributed by atoms with E-state index in [1.807, 2.05) is 0 Å². The van der Waals surface area contributed by atoms with Crippen LogP contribution in [0.15, 0.2) is 0 Å². The molecule has 0 aromatic carbocycles. The van der Waals surface area contributed by atoms with Gasteiger partial charge in [0.15, 0.2) is 0 Å². The molecule has 6 atom stereocenters. The SMILES string of the molecule is CC(O)C(CC(CC(C(=O)O)C(C)O)C(C(=O)O)C(C)O)C(=O)O. The molecule has 0 aliphatic rings. The van der Waals surface area contributed by atoms with Crippen LogP contribution in [0.2, 0.25) is 0 Å². The Bertz CT molecular complexity index is 416. The molecule has 0 saturated carbocycles. The van der Waals surface area contributed by atoms with E-state index >= 15 is 0 Å². The van der Waals surface area contributed by atoms with Crippen molar-refractivity contribution in [2.75, 3.05) is 0 Å². The lowest BCUT2D eigenvalue weighted by atomic mass is 9.75. The van der Waals surface area contributed by atoms with Crippen LogP contribution in [0.3, 0.4) is 0 Å². The molecule has 140 valence electrons. The Kier molecular flexibility index (Phi) is 8.87. The lowest BCUT2D eigenvalue weighted by Gasteiger charge is -2.31. The Hall–Kier alpha value is -1.71. The van der Waals surface area contributed by atoms with Crippen molar-refractivity contribution in [2.24, 2.45) is 23.7 Å². The van der Waals surface area contributed by atoms with Crippen LogP contribution < -0.4 is 0 Å². The van der Waals surface area contributed by atoms with Crippen LogP contribution in [0.25, 0.3) is 0 Å². The molecule has 9 heteroatoms. The molecule has 0 aromatic heterocycles. The van der Waals surface area contributed by atoms with Crippen LogP contribution in [-0.4, -0.2) is 66.9 Å². The summed E-state index contributed by atoms with van der Waals surface area (Å²) in [6.07, 6.45) is -4.62. The topological polar surface area (TPSA) is 173 Å². The fraction of sp³-hybridized carbons (Fsp3) is 0.800. The summed E-state index contributed by atoms with van der Waals surface area (Å²) in [6.45, 7) is 3.68. The van der Waals surface area contributed by atoms with Gasteiger partial charge in [-0.15, -0.1) is 0 Å². The van der Waals surface area contributed by atoms with Gasteiger partial charge in [-0.2, -0.15) is 0 Å². The normalized spacial score (nSPS) is 20.2. The van der Waals surface area contributed by atoms with Crippen molar-refractivity contribution in [3.63, 3.8) is 0 Å². The maximum atomic E-state index is 11.4. The van der Waals surface area contributed by atoms with Crippen molar-refractivity contribution in [1.82, 2.24) is 0 Å².